The molecule has 0 radical (unpaired) electrons. The van der Waals surface area contributed by atoms with Gasteiger partial charge in [-0.05, 0) is 12.5 Å². The van der Waals surface area contributed by atoms with Gasteiger partial charge < -0.3 is 9.73 Å². The molecule has 0 saturated heterocycles. The zero-order chi connectivity index (χ0) is 9.68. The van der Waals surface area contributed by atoms with Gasteiger partial charge in [0.05, 0.1) is 17.9 Å². The molecule has 0 aromatic carbocycles. The molecule has 13 heavy (non-hydrogen) atoms. The molecule has 1 N–H and O–H groups in total. The van der Waals surface area contributed by atoms with Crippen LogP contribution < -0.4 is 5.32 Å². The molecule has 1 heterocycles. The van der Waals surface area contributed by atoms with Crippen LogP contribution in [-0.2, 0) is 0 Å². The van der Waals surface area contributed by atoms with Crippen LogP contribution in [-0.4, -0.2) is 11.9 Å². The fraction of sp³-hybridized carbons (Fsp3) is 0.300. The maximum atomic E-state index is 11.4. The Balaban J connectivity index is 2.57. The number of furan rings is 1. The first-order chi connectivity index (χ1) is 6.27. The number of hydrogen-bond donors (Lipinski definition) is 1. The highest BCUT2D eigenvalue weighted by Gasteiger charge is 2.09. The minimum absolute atomic E-state index is 0.196. The van der Waals surface area contributed by atoms with Gasteiger partial charge in [0, 0.05) is 0 Å². The summed E-state index contributed by atoms with van der Waals surface area (Å²) in [5.74, 6) is 2.29. The lowest BCUT2D eigenvalue weighted by atomic mass is 10.2. The van der Waals surface area contributed by atoms with Crippen LogP contribution in [0.25, 0.3) is 0 Å². The maximum absolute atomic E-state index is 11.4. The lowest BCUT2D eigenvalue weighted by molar-refractivity contribution is 0.0944. The van der Waals surface area contributed by atoms with Gasteiger partial charge in [-0.2, -0.15) is 0 Å². The Morgan fingerprint density at radius 3 is 3.08 bits per heavy atom. The van der Waals surface area contributed by atoms with E-state index in [0.29, 0.717) is 5.56 Å². The molecule has 1 amide bonds. The number of carbonyl (C=O) groups excluding carboxylic acids is 1. The minimum atomic E-state index is -0.206. The third kappa shape index (κ3) is 2.38. The quantitative estimate of drug-likeness (QED) is 0.709. The van der Waals surface area contributed by atoms with Gasteiger partial charge in [0.15, 0.2) is 0 Å². The molecule has 0 saturated carbocycles. The van der Waals surface area contributed by atoms with Crippen molar-refractivity contribution in [1.82, 2.24) is 5.32 Å². The predicted molar refractivity (Wildman–Crippen MR) is 49.1 cm³/mol. The monoisotopic (exact) mass is 177 g/mol. The second-order valence-corrected chi connectivity index (χ2v) is 2.61. The Kier molecular flexibility index (Phi) is 3.15. The van der Waals surface area contributed by atoms with E-state index in [9.17, 15) is 4.79 Å². The first kappa shape index (κ1) is 9.40. The van der Waals surface area contributed by atoms with Gasteiger partial charge in [-0.15, -0.1) is 6.42 Å². The van der Waals surface area contributed by atoms with Crippen molar-refractivity contribution >= 4 is 5.91 Å². The Morgan fingerprint density at radius 1 is 1.85 bits per heavy atom. The molecule has 0 aliphatic carbocycles. The fourth-order valence-corrected chi connectivity index (χ4v) is 0.897. The van der Waals surface area contributed by atoms with E-state index in [-0.39, 0.29) is 11.9 Å². The number of nitrogens with one attached hydrogen (secondary N) is 1. The van der Waals surface area contributed by atoms with Gasteiger partial charge in [-0.1, -0.05) is 12.8 Å². The molecule has 0 aliphatic heterocycles. The standard InChI is InChI=1S/C10H11NO2/c1-3-9(4-2)11-10(12)8-5-6-13-7-8/h1,5-7,9H,4H2,2H3,(H,11,12). The molecule has 0 bridgehead atoms. The SMILES string of the molecule is C#CC(CC)NC(=O)c1ccoc1. The first-order valence-corrected chi connectivity index (χ1v) is 4.07. The third-order valence-corrected chi connectivity index (χ3v) is 1.70. The number of carbonyl (C=O) groups is 1. The third-order valence-electron chi connectivity index (χ3n) is 1.70. The van der Waals surface area contributed by atoms with Gasteiger partial charge in [-0.3, -0.25) is 4.79 Å². The Hall–Kier alpha value is -1.69. The van der Waals surface area contributed by atoms with Crippen molar-refractivity contribution in [3.05, 3.63) is 24.2 Å². The normalized spacial score (nSPS) is 11.7. The number of rotatable bonds is 3. The molecule has 3 heteroatoms. The highest BCUT2D eigenvalue weighted by Crippen LogP contribution is 2.00. The summed E-state index contributed by atoms with van der Waals surface area (Å²) in [5, 5.41) is 2.68. The molecule has 68 valence electrons. The second-order valence-electron chi connectivity index (χ2n) is 2.61. The summed E-state index contributed by atoms with van der Waals surface area (Å²) >= 11 is 0. The van der Waals surface area contributed by atoms with Crippen molar-refractivity contribution in [2.45, 2.75) is 19.4 Å². The molecule has 0 fully saturated rings. The lowest BCUT2D eigenvalue weighted by Gasteiger charge is -2.08. The average Bonchev–Trinajstić information content (AvgIpc) is 2.66. The smallest absolute Gasteiger partial charge is 0.255 e. The van der Waals surface area contributed by atoms with Crippen LogP contribution in [0.3, 0.4) is 0 Å². The summed E-state index contributed by atoms with van der Waals surface area (Å²) in [4.78, 5) is 11.4. The second kappa shape index (κ2) is 4.36. The zero-order valence-electron chi connectivity index (χ0n) is 7.41. The van der Waals surface area contributed by atoms with Crippen molar-refractivity contribution in [3.8, 4) is 12.3 Å². The van der Waals surface area contributed by atoms with E-state index in [1.807, 2.05) is 6.92 Å². The molecule has 1 rings (SSSR count). The van der Waals surface area contributed by atoms with Crippen molar-refractivity contribution in [2.24, 2.45) is 0 Å². The Morgan fingerprint density at radius 2 is 2.62 bits per heavy atom. The Bertz CT molecular complexity index is 308. The van der Waals surface area contributed by atoms with E-state index < -0.39 is 0 Å². The molecule has 1 atom stereocenters. The van der Waals surface area contributed by atoms with Crippen LogP contribution in [0.4, 0.5) is 0 Å². The van der Waals surface area contributed by atoms with Crippen LogP contribution >= 0.6 is 0 Å². The number of amides is 1. The molecule has 0 spiro atoms. The average molecular weight is 177 g/mol. The van der Waals surface area contributed by atoms with Crippen LogP contribution in [0.2, 0.25) is 0 Å². The largest absolute Gasteiger partial charge is 0.472 e. The molecular weight excluding hydrogens is 166 g/mol. The summed E-state index contributed by atoms with van der Waals surface area (Å²) in [5.41, 5.74) is 0.494. The van der Waals surface area contributed by atoms with E-state index in [1.54, 1.807) is 6.07 Å². The summed E-state index contributed by atoms with van der Waals surface area (Å²) in [6.45, 7) is 1.92. The van der Waals surface area contributed by atoms with Gasteiger partial charge in [0.2, 0.25) is 0 Å². The fourth-order valence-electron chi connectivity index (χ4n) is 0.897. The van der Waals surface area contributed by atoms with E-state index >= 15 is 0 Å². The van der Waals surface area contributed by atoms with Crippen molar-refractivity contribution in [2.75, 3.05) is 0 Å². The van der Waals surface area contributed by atoms with E-state index in [4.69, 9.17) is 10.8 Å². The number of hydrogen-bond acceptors (Lipinski definition) is 2. The summed E-state index contributed by atoms with van der Waals surface area (Å²) in [7, 11) is 0. The molecule has 1 aromatic rings. The minimum Gasteiger partial charge on any atom is -0.472 e. The van der Waals surface area contributed by atoms with Crippen LogP contribution in [0, 0.1) is 12.3 Å². The highest BCUT2D eigenvalue weighted by atomic mass is 16.3. The van der Waals surface area contributed by atoms with Gasteiger partial charge in [-0.25, -0.2) is 0 Å². The van der Waals surface area contributed by atoms with Crippen molar-refractivity contribution in [3.63, 3.8) is 0 Å². The van der Waals surface area contributed by atoms with E-state index in [1.165, 1.54) is 12.5 Å². The summed E-state index contributed by atoms with van der Waals surface area (Å²) < 4.78 is 4.77. The molecule has 1 aromatic heterocycles. The van der Waals surface area contributed by atoms with Crippen molar-refractivity contribution < 1.29 is 9.21 Å². The predicted octanol–water partition coefficient (Wildman–Crippen LogP) is 1.42. The highest BCUT2D eigenvalue weighted by molar-refractivity contribution is 5.94. The van der Waals surface area contributed by atoms with Crippen LogP contribution in [0.5, 0.6) is 0 Å². The summed E-state index contributed by atoms with van der Waals surface area (Å²) in [6.07, 6.45) is 8.76. The van der Waals surface area contributed by atoms with E-state index in [2.05, 4.69) is 11.2 Å². The van der Waals surface area contributed by atoms with E-state index in [0.717, 1.165) is 6.42 Å². The van der Waals surface area contributed by atoms with Crippen LogP contribution in [0.15, 0.2) is 23.0 Å². The van der Waals surface area contributed by atoms with Crippen molar-refractivity contribution in [1.29, 1.82) is 0 Å². The summed E-state index contributed by atoms with van der Waals surface area (Å²) in [6, 6.07) is 1.39. The van der Waals surface area contributed by atoms with Gasteiger partial charge in [0.1, 0.15) is 6.26 Å². The zero-order valence-corrected chi connectivity index (χ0v) is 7.41. The topological polar surface area (TPSA) is 42.2 Å². The molecule has 0 aliphatic rings. The van der Waals surface area contributed by atoms with Crippen LogP contribution in [0.1, 0.15) is 23.7 Å². The Labute approximate surface area is 77.1 Å². The number of terminal acetylenes is 1. The van der Waals surface area contributed by atoms with Gasteiger partial charge in [0.25, 0.3) is 5.91 Å². The molecular formula is C10H11NO2. The molecule has 1 unspecified atom stereocenters. The maximum Gasteiger partial charge on any atom is 0.255 e. The lowest BCUT2D eigenvalue weighted by Crippen LogP contribution is -2.32. The van der Waals surface area contributed by atoms with Gasteiger partial charge >= 0.3 is 0 Å². The molecule has 3 nitrogen and oxygen atoms in total. The first-order valence-electron chi connectivity index (χ1n) is 4.07.